The van der Waals surface area contributed by atoms with Crippen LogP contribution in [-0.4, -0.2) is 46.8 Å². The lowest BCUT2D eigenvalue weighted by molar-refractivity contribution is -0.144. The first-order valence-electron chi connectivity index (χ1n) is 8.33. The van der Waals surface area contributed by atoms with E-state index in [1.165, 1.54) is 32.1 Å². The zero-order valence-electron chi connectivity index (χ0n) is 12.4. The Labute approximate surface area is 121 Å². The van der Waals surface area contributed by atoms with Crippen LogP contribution in [0.1, 0.15) is 64.2 Å². The molecule has 4 nitrogen and oxygen atoms in total. The Hall–Kier alpha value is -0.610. The molecule has 0 aromatic heterocycles. The zero-order chi connectivity index (χ0) is 14.0. The fourth-order valence-corrected chi connectivity index (χ4v) is 4.34. The Morgan fingerprint density at radius 2 is 1.90 bits per heavy atom. The molecule has 1 aliphatic carbocycles. The summed E-state index contributed by atoms with van der Waals surface area (Å²) in [5.74, 6) is -0.652. The van der Waals surface area contributed by atoms with E-state index in [0.29, 0.717) is 0 Å². The largest absolute Gasteiger partial charge is 0.480 e. The summed E-state index contributed by atoms with van der Waals surface area (Å²) in [5.41, 5.74) is 0.162. The fraction of sp³-hybridized carbons (Fsp3) is 0.938. The molecule has 1 saturated carbocycles. The second kappa shape index (κ2) is 6.02. The molecule has 3 aliphatic rings. The number of carboxylic acid groups (broad SMARTS) is 1. The third-order valence-electron chi connectivity index (χ3n) is 5.44. The Balaban J connectivity index is 1.59. The van der Waals surface area contributed by atoms with Crippen molar-refractivity contribution in [2.24, 2.45) is 0 Å². The summed E-state index contributed by atoms with van der Waals surface area (Å²) in [7, 11) is 0. The average Bonchev–Trinajstić information content (AvgIpc) is 2.96. The number of nitrogens with zero attached hydrogens (tertiary/aromatic N) is 1. The van der Waals surface area contributed by atoms with Crippen molar-refractivity contribution in [2.75, 3.05) is 13.1 Å². The van der Waals surface area contributed by atoms with Crippen molar-refractivity contribution in [3.63, 3.8) is 0 Å². The minimum Gasteiger partial charge on any atom is -0.480 e. The van der Waals surface area contributed by atoms with Gasteiger partial charge in [0.25, 0.3) is 0 Å². The molecule has 114 valence electrons. The molecular formula is C16H27NO3. The summed E-state index contributed by atoms with van der Waals surface area (Å²) in [6.45, 7) is 1.74. The maximum absolute atomic E-state index is 11.5. The van der Waals surface area contributed by atoms with Gasteiger partial charge in [-0.05, 0) is 45.1 Å². The molecule has 2 aliphatic heterocycles. The first-order valence-corrected chi connectivity index (χ1v) is 8.33. The van der Waals surface area contributed by atoms with Gasteiger partial charge in [-0.1, -0.05) is 25.7 Å². The maximum Gasteiger partial charge on any atom is 0.320 e. The highest BCUT2D eigenvalue weighted by Crippen LogP contribution is 2.43. The molecule has 0 bridgehead atoms. The van der Waals surface area contributed by atoms with Crippen molar-refractivity contribution >= 4 is 5.97 Å². The van der Waals surface area contributed by atoms with Crippen LogP contribution in [0.5, 0.6) is 0 Å². The van der Waals surface area contributed by atoms with Gasteiger partial charge in [0.2, 0.25) is 0 Å². The third kappa shape index (κ3) is 3.01. The molecule has 2 atom stereocenters. The van der Waals surface area contributed by atoms with E-state index in [-0.39, 0.29) is 17.7 Å². The van der Waals surface area contributed by atoms with Crippen LogP contribution in [0.4, 0.5) is 0 Å². The van der Waals surface area contributed by atoms with Gasteiger partial charge in [0.15, 0.2) is 0 Å². The van der Waals surface area contributed by atoms with E-state index in [9.17, 15) is 9.90 Å². The molecule has 1 N–H and O–H groups in total. The van der Waals surface area contributed by atoms with Crippen molar-refractivity contribution in [3.05, 3.63) is 0 Å². The van der Waals surface area contributed by atoms with Crippen molar-refractivity contribution in [2.45, 2.75) is 82.0 Å². The van der Waals surface area contributed by atoms with Gasteiger partial charge in [-0.3, -0.25) is 9.69 Å². The second-order valence-corrected chi connectivity index (χ2v) is 6.87. The van der Waals surface area contributed by atoms with Crippen LogP contribution in [-0.2, 0) is 9.53 Å². The second-order valence-electron chi connectivity index (χ2n) is 6.87. The molecule has 0 amide bonds. The van der Waals surface area contributed by atoms with Gasteiger partial charge >= 0.3 is 5.97 Å². The van der Waals surface area contributed by atoms with E-state index >= 15 is 0 Å². The molecule has 20 heavy (non-hydrogen) atoms. The predicted molar refractivity (Wildman–Crippen MR) is 76.8 cm³/mol. The number of likely N-dealkylation sites (tertiary alicyclic amines) is 1. The summed E-state index contributed by atoms with van der Waals surface area (Å²) in [6.07, 6.45) is 11.7. The zero-order valence-corrected chi connectivity index (χ0v) is 12.4. The van der Waals surface area contributed by atoms with Crippen LogP contribution in [0.15, 0.2) is 0 Å². The smallest absolute Gasteiger partial charge is 0.320 e. The molecular weight excluding hydrogens is 254 g/mol. The number of carbonyl (C=O) groups is 1. The quantitative estimate of drug-likeness (QED) is 0.864. The topological polar surface area (TPSA) is 49.8 Å². The van der Waals surface area contributed by atoms with E-state index in [0.717, 1.165) is 45.2 Å². The van der Waals surface area contributed by atoms with Crippen LogP contribution in [0, 0.1) is 0 Å². The van der Waals surface area contributed by atoms with Gasteiger partial charge < -0.3 is 9.84 Å². The fourth-order valence-electron chi connectivity index (χ4n) is 4.34. The van der Waals surface area contributed by atoms with Gasteiger partial charge in [0.1, 0.15) is 6.04 Å². The van der Waals surface area contributed by atoms with Gasteiger partial charge in [0.05, 0.1) is 11.7 Å². The van der Waals surface area contributed by atoms with Crippen molar-refractivity contribution < 1.29 is 14.6 Å². The Morgan fingerprint density at radius 3 is 2.65 bits per heavy atom. The van der Waals surface area contributed by atoms with Crippen molar-refractivity contribution in [1.82, 2.24) is 4.90 Å². The first-order chi connectivity index (χ1) is 9.69. The average molecular weight is 281 g/mol. The SMILES string of the molecule is O=C(O)C1CCCCCN1CC1CCC2(CCCC2)O1. The molecule has 4 heteroatoms. The number of hydrogen-bond donors (Lipinski definition) is 1. The van der Waals surface area contributed by atoms with E-state index in [4.69, 9.17) is 4.74 Å². The standard InChI is InChI=1S/C16H27NO3/c18-15(19)14-6-2-1-5-11-17(14)12-13-7-10-16(20-13)8-3-4-9-16/h13-14H,1-12H2,(H,18,19). The molecule has 1 spiro atoms. The van der Waals surface area contributed by atoms with Gasteiger partial charge in [-0.2, -0.15) is 0 Å². The summed E-state index contributed by atoms with van der Waals surface area (Å²) in [5, 5.41) is 9.43. The number of aliphatic carboxylic acids is 1. The predicted octanol–water partition coefficient (Wildman–Crippen LogP) is 2.81. The van der Waals surface area contributed by atoms with Crippen LogP contribution in [0.2, 0.25) is 0 Å². The number of carboxylic acids is 1. The minimum atomic E-state index is -0.652. The molecule has 2 unspecified atom stereocenters. The van der Waals surface area contributed by atoms with E-state index in [2.05, 4.69) is 4.90 Å². The van der Waals surface area contributed by atoms with E-state index in [1.54, 1.807) is 0 Å². The van der Waals surface area contributed by atoms with Crippen LogP contribution in [0.3, 0.4) is 0 Å². The maximum atomic E-state index is 11.5. The lowest BCUT2D eigenvalue weighted by Crippen LogP contribution is -2.45. The van der Waals surface area contributed by atoms with Crippen LogP contribution in [0.25, 0.3) is 0 Å². The molecule has 0 aromatic carbocycles. The number of hydrogen-bond acceptors (Lipinski definition) is 3. The molecule has 0 radical (unpaired) electrons. The Morgan fingerprint density at radius 1 is 1.10 bits per heavy atom. The lowest BCUT2D eigenvalue weighted by Gasteiger charge is -2.30. The molecule has 2 heterocycles. The Bertz CT molecular complexity index is 352. The van der Waals surface area contributed by atoms with Crippen LogP contribution < -0.4 is 0 Å². The number of ether oxygens (including phenoxy) is 1. The lowest BCUT2D eigenvalue weighted by atomic mass is 9.98. The highest BCUT2D eigenvalue weighted by molar-refractivity contribution is 5.73. The molecule has 0 aromatic rings. The normalized spacial score (nSPS) is 34.4. The van der Waals surface area contributed by atoms with Crippen molar-refractivity contribution in [1.29, 1.82) is 0 Å². The summed E-state index contributed by atoms with van der Waals surface area (Å²) in [6, 6.07) is -0.291. The highest BCUT2D eigenvalue weighted by Gasteiger charge is 2.43. The van der Waals surface area contributed by atoms with E-state index < -0.39 is 5.97 Å². The van der Waals surface area contributed by atoms with Gasteiger partial charge in [-0.25, -0.2) is 0 Å². The molecule has 3 rings (SSSR count). The summed E-state index contributed by atoms with van der Waals surface area (Å²) >= 11 is 0. The van der Waals surface area contributed by atoms with Crippen molar-refractivity contribution in [3.8, 4) is 0 Å². The minimum absolute atomic E-state index is 0.162. The highest BCUT2D eigenvalue weighted by atomic mass is 16.5. The first kappa shape index (κ1) is 14.3. The molecule has 3 fully saturated rings. The molecule has 2 saturated heterocycles. The van der Waals surface area contributed by atoms with Gasteiger partial charge in [-0.15, -0.1) is 0 Å². The van der Waals surface area contributed by atoms with Crippen LogP contribution >= 0.6 is 0 Å². The third-order valence-corrected chi connectivity index (χ3v) is 5.44. The monoisotopic (exact) mass is 281 g/mol. The van der Waals surface area contributed by atoms with E-state index in [1.807, 2.05) is 0 Å². The van der Waals surface area contributed by atoms with Gasteiger partial charge in [0, 0.05) is 6.54 Å². The Kier molecular flexibility index (Phi) is 4.32. The summed E-state index contributed by atoms with van der Waals surface area (Å²) in [4.78, 5) is 13.6. The number of rotatable bonds is 3. The summed E-state index contributed by atoms with van der Waals surface area (Å²) < 4.78 is 6.35.